The summed E-state index contributed by atoms with van der Waals surface area (Å²) < 4.78 is 0. The Morgan fingerprint density at radius 2 is 0.852 bits per heavy atom. The van der Waals surface area contributed by atoms with Crippen LogP contribution in [-0.4, -0.2) is 0 Å². The largest absolute Gasteiger partial charge is 0.310 e. The number of fused-ring (bicyclic) bond motifs is 13. The van der Waals surface area contributed by atoms with E-state index in [0.29, 0.717) is 0 Å². The molecule has 0 aliphatic heterocycles. The zero-order valence-electron chi connectivity index (χ0n) is 30.8. The summed E-state index contributed by atoms with van der Waals surface area (Å²) in [4.78, 5) is 2.50. The van der Waals surface area contributed by atoms with Crippen LogP contribution in [0.1, 0.15) is 52.8 Å². The van der Waals surface area contributed by atoms with Gasteiger partial charge in [0.05, 0.1) is 11.1 Å². The van der Waals surface area contributed by atoms with E-state index in [1.54, 1.807) is 0 Å². The van der Waals surface area contributed by atoms with Crippen molar-refractivity contribution in [2.45, 2.75) is 31.6 Å². The van der Waals surface area contributed by atoms with Crippen molar-refractivity contribution in [2.24, 2.45) is 0 Å². The van der Waals surface area contributed by atoms with Crippen molar-refractivity contribution >= 4 is 17.1 Å². The summed E-state index contributed by atoms with van der Waals surface area (Å²) in [5.41, 5.74) is 22.8. The number of hydrogen-bond acceptors (Lipinski definition) is 1. The van der Waals surface area contributed by atoms with Gasteiger partial charge in [0.2, 0.25) is 0 Å². The van der Waals surface area contributed by atoms with Crippen LogP contribution in [0, 0.1) is 6.92 Å². The molecule has 0 saturated heterocycles. The maximum absolute atomic E-state index is 2.50. The van der Waals surface area contributed by atoms with Crippen LogP contribution in [0.4, 0.5) is 17.1 Å². The first kappa shape index (κ1) is 31.1. The van der Waals surface area contributed by atoms with E-state index >= 15 is 0 Å². The van der Waals surface area contributed by atoms with Crippen molar-refractivity contribution in [1.29, 1.82) is 0 Å². The van der Waals surface area contributed by atoms with Gasteiger partial charge in [-0.3, -0.25) is 0 Å². The minimum Gasteiger partial charge on any atom is -0.310 e. The molecule has 0 amide bonds. The van der Waals surface area contributed by atoms with Gasteiger partial charge in [-0.05, 0) is 110 Å². The molecule has 0 atom stereocenters. The average molecular weight is 690 g/mol. The highest BCUT2D eigenvalue weighted by atomic mass is 15.1. The van der Waals surface area contributed by atoms with Crippen LogP contribution < -0.4 is 4.90 Å². The standard InChI is InChI=1S/C53H39N/c1-34-25-28-43-44-32-36(27-30-48(44)53(50(43)31-34)46-22-12-8-19-40(46)41-20-9-13-23-47(41)53)54(51-24-14-10-17-38(51)35-15-5-4-6-16-35)37-26-29-42-39-18-7-11-21-45(39)52(2,3)49(42)33-37/h4-33H,1-3H3. The third kappa shape index (κ3) is 4.10. The van der Waals surface area contributed by atoms with Crippen molar-refractivity contribution in [3.63, 3.8) is 0 Å². The summed E-state index contributed by atoms with van der Waals surface area (Å²) >= 11 is 0. The van der Waals surface area contributed by atoms with E-state index < -0.39 is 0 Å². The molecule has 11 rings (SSSR count). The lowest BCUT2D eigenvalue weighted by Crippen LogP contribution is -2.26. The topological polar surface area (TPSA) is 3.24 Å². The van der Waals surface area contributed by atoms with Gasteiger partial charge in [0, 0.05) is 22.4 Å². The fraction of sp³-hybridized carbons (Fsp3) is 0.0943. The minimum absolute atomic E-state index is 0.114. The van der Waals surface area contributed by atoms with Crippen LogP contribution in [0.15, 0.2) is 182 Å². The fourth-order valence-corrected chi connectivity index (χ4v) is 10.2. The number of anilines is 3. The molecule has 0 radical (unpaired) electrons. The number of aryl methyl sites for hydroxylation is 1. The zero-order chi connectivity index (χ0) is 36.2. The third-order valence-corrected chi connectivity index (χ3v) is 12.5. The van der Waals surface area contributed by atoms with Crippen LogP contribution in [-0.2, 0) is 10.8 Å². The van der Waals surface area contributed by atoms with E-state index in [9.17, 15) is 0 Å². The smallest absolute Gasteiger partial charge is 0.0725 e. The van der Waals surface area contributed by atoms with Gasteiger partial charge < -0.3 is 4.90 Å². The second-order valence-electron chi connectivity index (χ2n) is 15.7. The molecule has 0 unspecified atom stereocenters. The maximum Gasteiger partial charge on any atom is 0.0725 e. The Kier molecular flexibility index (Phi) is 6.50. The van der Waals surface area contributed by atoms with Gasteiger partial charge >= 0.3 is 0 Å². The highest BCUT2D eigenvalue weighted by molar-refractivity contribution is 5.98. The highest BCUT2D eigenvalue weighted by Crippen LogP contribution is 2.63. The van der Waals surface area contributed by atoms with Crippen LogP contribution in [0.2, 0.25) is 0 Å². The van der Waals surface area contributed by atoms with Gasteiger partial charge in [0.15, 0.2) is 0 Å². The normalized spacial score (nSPS) is 14.5. The first-order chi connectivity index (χ1) is 26.5. The molecule has 54 heavy (non-hydrogen) atoms. The van der Waals surface area contributed by atoms with Gasteiger partial charge in [-0.15, -0.1) is 0 Å². The number of para-hydroxylation sites is 1. The summed E-state index contributed by atoms with van der Waals surface area (Å²) in [6.45, 7) is 6.97. The van der Waals surface area contributed by atoms with Gasteiger partial charge in [0.25, 0.3) is 0 Å². The van der Waals surface area contributed by atoms with Gasteiger partial charge in [0.1, 0.15) is 0 Å². The summed E-state index contributed by atoms with van der Waals surface area (Å²) in [7, 11) is 0. The molecule has 0 N–H and O–H groups in total. The van der Waals surface area contributed by atoms with Crippen molar-refractivity contribution in [3.05, 3.63) is 221 Å². The Morgan fingerprint density at radius 3 is 1.57 bits per heavy atom. The zero-order valence-corrected chi connectivity index (χ0v) is 30.8. The van der Waals surface area contributed by atoms with Gasteiger partial charge in [-0.25, -0.2) is 0 Å². The van der Waals surface area contributed by atoms with Crippen LogP contribution in [0.25, 0.3) is 44.5 Å². The number of hydrogen-bond donors (Lipinski definition) is 0. The van der Waals surface area contributed by atoms with Crippen molar-refractivity contribution in [1.82, 2.24) is 0 Å². The lowest BCUT2D eigenvalue weighted by molar-refractivity contribution is 0.660. The predicted octanol–water partition coefficient (Wildman–Crippen LogP) is 13.8. The second kappa shape index (κ2) is 11.3. The number of rotatable bonds is 4. The number of nitrogens with zero attached hydrogens (tertiary/aromatic N) is 1. The molecule has 1 spiro atoms. The molecule has 256 valence electrons. The third-order valence-electron chi connectivity index (χ3n) is 12.5. The van der Waals surface area contributed by atoms with Crippen LogP contribution in [0.3, 0.4) is 0 Å². The van der Waals surface area contributed by atoms with E-state index in [4.69, 9.17) is 0 Å². The molecule has 3 aliphatic carbocycles. The Labute approximate surface area is 317 Å². The Morgan fingerprint density at radius 1 is 0.352 bits per heavy atom. The molecular weight excluding hydrogens is 651 g/mol. The first-order valence-corrected chi connectivity index (χ1v) is 19.1. The first-order valence-electron chi connectivity index (χ1n) is 19.1. The molecule has 0 bridgehead atoms. The Balaban J connectivity index is 1.18. The number of benzene rings is 8. The quantitative estimate of drug-likeness (QED) is 0.178. The molecule has 1 heteroatoms. The van der Waals surface area contributed by atoms with Crippen molar-refractivity contribution < 1.29 is 0 Å². The second-order valence-corrected chi connectivity index (χ2v) is 15.7. The van der Waals surface area contributed by atoms with Crippen molar-refractivity contribution in [2.75, 3.05) is 4.90 Å². The van der Waals surface area contributed by atoms with Gasteiger partial charge in [-0.2, -0.15) is 0 Å². The Bertz CT molecular complexity index is 2780. The summed E-state index contributed by atoms with van der Waals surface area (Å²) in [6.07, 6.45) is 0. The van der Waals surface area contributed by atoms with Gasteiger partial charge in [-0.1, -0.05) is 171 Å². The molecule has 1 nitrogen and oxygen atoms in total. The highest BCUT2D eigenvalue weighted by Gasteiger charge is 2.51. The molecule has 0 fully saturated rings. The molecule has 8 aromatic carbocycles. The molecule has 0 heterocycles. The van der Waals surface area contributed by atoms with E-state index in [2.05, 4.69) is 208 Å². The molecule has 0 saturated carbocycles. The molecule has 0 aromatic heterocycles. The Hall–Kier alpha value is -6.44. The maximum atomic E-state index is 2.50. The lowest BCUT2D eigenvalue weighted by atomic mass is 9.70. The van der Waals surface area contributed by atoms with E-state index in [1.165, 1.54) is 83.5 Å². The average Bonchev–Trinajstić information content (AvgIpc) is 3.76. The molecule has 3 aliphatic rings. The summed E-state index contributed by atoms with van der Waals surface area (Å²) in [6, 6.07) is 68.2. The SMILES string of the molecule is Cc1ccc2c(c1)C1(c3ccccc3-c3ccccc31)c1ccc(N(c3ccc4c(c3)C(C)(C)c3ccccc3-4)c3ccccc3-c3ccccc3)cc1-2. The summed E-state index contributed by atoms with van der Waals surface area (Å²) in [5.74, 6) is 0. The lowest BCUT2D eigenvalue weighted by Gasteiger charge is -2.32. The van der Waals surface area contributed by atoms with E-state index in [1.807, 2.05) is 0 Å². The van der Waals surface area contributed by atoms with Crippen molar-refractivity contribution in [3.8, 4) is 44.5 Å². The monoisotopic (exact) mass is 689 g/mol. The molecule has 8 aromatic rings. The van der Waals surface area contributed by atoms with Crippen LogP contribution in [0.5, 0.6) is 0 Å². The minimum atomic E-state index is -0.376. The fourth-order valence-electron chi connectivity index (χ4n) is 10.2. The van der Waals surface area contributed by atoms with E-state index in [-0.39, 0.29) is 10.8 Å². The predicted molar refractivity (Wildman–Crippen MR) is 225 cm³/mol. The van der Waals surface area contributed by atoms with E-state index in [0.717, 1.165) is 17.1 Å². The van der Waals surface area contributed by atoms with Crippen LogP contribution >= 0.6 is 0 Å². The molecular formula is C53H39N. The summed E-state index contributed by atoms with van der Waals surface area (Å²) in [5, 5.41) is 0.